The molecule has 0 aliphatic carbocycles. The molecule has 1 aromatic carbocycles. The maximum atomic E-state index is 12.0. The number of hydrogen-bond donors (Lipinski definition) is 3. The number of allylic oxidation sites excluding steroid dienone is 1. The van der Waals surface area contributed by atoms with Crippen LogP contribution in [-0.2, 0) is 16.0 Å². The molecule has 0 saturated heterocycles. The van der Waals surface area contributed by atoms with Gasteiger partial charge in [0.15, 0.2) is 5.78 Å². The van der Waals surface area contributed by atoms with Gasteiger partial charge >= 0.3 is 5.97 Å². The Morgan fingerprint density at radius 1 is 1.17 bits per heavy atom. The Morgan fingerprint density at radius 2 is 1.83 bits per heavy atom. The zero-order valence-electron chi connectivity index (χ0n) is 13.5. The minimum absolute atomic E-state index is 0.108. The lowest BCUT2D eigenvalue weighted by Crippen LogP contribution is -2.03. The second kappa shape index (κ2) is 8.22. The van der Waals surface area contributed by atoms with E-state index in [4.69, 9.17) is 4.74 Å². The standard InChI is InChI=1S/C17H22O6/c1-4-5-13(19)16-15(21)8-14(20)12(17(16)22)7-6-10(2)9-23-11(3)18/h6,8,20-22H,4-5,7,9H2,1-3H3. The average Bonchev–Trinajstić information content (AvgIpc) is 2.44. The highest BCUT2D eigenvalue weighted by Gasteiger charge is 2.21. The number of rotatable bonds is 7. The van der Waals surface area contributed by atoms with E-state index in [1.807, 2.05) is 6.92 Å². The first-order valence-corrected chi connectivity index (χ1v) is 7.36. The Morgan fingerprint density at radius 3 is 2.39 bits per heavy atom. The van der Waals surface area contributed by atoms with Gasteiger partial charge in [-0.3, -0.25) is 9.59 Å². The molecule has 1 aromatic rings. The minimum atomic E-state index is -0.442. The molecule has 0 amide bonds. The van der Waals surface area contributed by atoms with Crippen LogP contribution >= 0.6 is 0 Å². The van der Waals surface area contributed by atoms with Crippen LogP contribution in [0, 0.1) is 0 Å². The van der Waals surface area contributed by atoms with Crippen molar-refractivity contribution in [3.8, 4) is 17.2 Å². The number of ether oxygens (including phenoxy) is 1. The van der Waals surface area contributed by atoms with Gasteiger partial charge in [-0.1, -0.05) is 13.0 Å². The fourth-order valence-corrected chi connectivity index (χ4v) is 2.06. The van der Waals surface area contributed by atoms with Gasteiger partial charge in [0.05, 0.1) is 0 Å². The van der Waals surface area contributed by atoms with Crippen LogP contribution in [0.5, 0.6) is 17.2 Å². The minimum Gasteiger partial charge on any atom is -0.507 e. The summed E-state index contributed by atoms with van der Waals surface area (Å²) in [5.41, 5.74) is 0.698. The van der Waals surface area contributed by atoms with Gasteiger partial charge in [-0.15, -0.1) is 0 Å². The van der Waals surface area contributed by atoms with Crippen LogP contribution in [0.3, 0.4) is 0 Å². The van der Waals surface area contributed by atoms with E-state index in [1.165, 1.54) is 6.92 Å². The van der Waals surface area contributed by atoms with Crippen molar-refractivity contribution in [1.82, 2.24) is 0 Å². The van der Waals surface area contributed by atoms with E-state index < -0.39 is 17.5 Å². The molecule has 126 valence electrons. The summed E-state index contributed by atoms with van der Waals surface area (Å²) in [4.78, 5) is 22.7. The van der Waals surface area contributed by atoms with Crippen LogP contribution in [0.15, 0.2) is 17.7 Å². The number of carbonyl (C=O) groups is 2. The summed E-state index contributed by atoms with van der Waals surface area (Å²) in [7, 11) is 0. The van der Waals surface area contributed by atoms with Gasteiger partial charge in [-0.25, -0.2) is 0 Å². The first-order valence-electron chi connectivity index (χ1n) is 7.36. The molecular formula is C17H22O6. The molecule has 0 heterocycles. The van der Waals surface area contributed by atoms with Crippen LogP contribution in [0.1, 0.15) is 49.5 Å². The van der Waals surface area contributed by atoms with Gasteiger partial charge in [0, 0.05) is 25.0 Å². The van der Waals surface area contributed by atoms with Crippen molar-refractivity contribution in [3.63, 3.8) is 0 Å². The molecule has 0 spiro atoms. The summed E-state index contributed by atoms with van der Waals surface area (Å²) in [5.74, 6) is -1.95. The second-order valence-corrected chi connectivity index (χ2v) is 5.33. The van der Waals surface area contributed by atoms with Crippen molar-refractivity contribution < 1.29 is 29.6 Å². The van der Waals surface area contributed by atoms with Gasteiger partial charge in [0.1, 0.15) is 29.4 Å². The monoisotopic (exact) mass is 322 g/mol. The molecule has 0 unspecified atom stereocenters. The van der Waals surface area contributed by atoms with Crippen LogP contribution in [0.2, 0.25) is 0 Å². The number of esters is 1. The third kappa shape index (κ3) is 5.02. The lowest BCUT2D eigenvalue weighted by Gasteiger charge is -2.12. The first-order chi connectivity index (χ1) is 10.8. The van der Waals surface area contributed by atoms with E-state index in [0.29, 0.717) is 6.42 Å². The molecule has 0 atom stereocenters. The average molecular weight is 322 g/mol. The predicted molar refractivity (Wildman–Crippen MR) is 84.8 cm³/mol. The highest BCUT2D eigenvalue weighted by Crippen LogP contribution is 2.38. The molecule has 0 radical (unpaired) electrons. The van der Waals surface area contributed by atoms with E-state index in [1.54, 1.807) is 13.0 Å². The largest absolute Gasteiger partial charge is 0.507 e. The van der Waals surface area contributed by atoms with E-state index in [2.05, 4.69) is 0 Å². The lowest BCUT2D eigenvalue weighted by atomic mass is 9.98. The van der Waals surface area contributed by atoms with E-state index in [0.717, 1.165) is 11.6 Å². The third-order valence-corrected chi connectivity index (χ3v) is 3.28. The smallest absolute Gasteiger partial charge is 0.302 e. The molecule has 0 fully saturated rings. The molecule has 0 bridgehead atoms. The summed E-state index contributed by atoms with van der Waals surface area (Å²) in [6.07, 6.45) is 2.57. The number of hydrogen-bond acceptors (Lipinski definition) is 6. The molecule has 1 rings (SSSR count). The van der Waals surface area contributed by atoms with Gasteiger partial charge < -0.3 is 20.1 Å². The van der Waals surface area contributed by atoms with E-state index in [-0.39, 0.29) is 42.1 Å². The molecule has 0 aromatic heterocycles. The van der Waals surface area contributed by atoms with Crippen molar-refractivity contribution in [1.29, 1.82) is 0 Å². The van der Waals surface area contributed by atoms with Crippen LogP contribution < -0.4 is 0 Å². The van der Waals surface area contributed by atoms with Crippen molar-refractivity contribution in [2.45, 2.75) is 40.0 Å². The predicted octanol–water partition coefficient (Wildman–Crippen LogP) is 2.84. The van der Waals surface area contributed by atoms with Gasteiger partial charge in [-0.05, 0) is 25.3 Å². The number of carbonyl (C=O) groups excluding carboxylic acids is 2. The molecule has 0 saturated carbocycles. The Labute approximate surface area is 135 Å². The maximum Gasteiger partial charge on any atom is 0.302 e. The van der Waals surface area contributed by atoms with Crippen molar-refractivity contribution in [3.05, 3.63) is 28.8 Å². The van der Waals surface area contributed by atoms with Crippen molar-refractivity contribution >= 4 is 11.8 Å². The van der Waals surface area contributed by atoms with Crippen molar-refractivity contribution in [2.24, 2.45) is 0 Å². The summed E-state index contributed by atoms with van der Waals surface area (Å²) < 4.78 is 4.84. The number of aromatic hydroxyl groups is 3. The number of phenolic OH excluding ortho intramolecular Hbond substituents is 3. The summed E-state index contributed by atoms with van der Waals surface area (Å²) in [6.45, 7) is 4.96. The highest BCUT2D eigenvalue weighted by molar-refractivity contribution is 6.01. The second-order valence-electron chi connectivity index (χ2n) is 5.33. The maximum absolute atomic E-state index is 12.0. The summed E-state index contributed by atoms with van der Waals surface area (Å²) in [6, 6.07) is 1.05. The first kappa shape index (κ1) is 18.5. The zero-order valence-corrected chi connectivity index (χ0v) is 13.5. The molecule has 3 N–H and O–H groups in total. The number of Topliss-reactive ketones (excluding diaryl/α,β-unsaturated/α-hetero) is 1. The van der Waals surface area contributed by atoms with Crippen molar-refractivity contribution in [2.75, 3.05) is 6.61 Å². The number of ketones is 1. The SMILES string of the molecule is CCCC(=O)c1c(O)cc(O)c(CC=C(C)COC(C)=O)c1O. The van der Waals surface area contributed by atoms with Gasteiger partial charge in [0.25, 0.3) is 0 Å². The molecular weight excluding hydrogens is 300 g/mol. The Hall–Kier alpha value is -2.50. The normalized spacial score (nSPS) is 11.3. The third-order valence-electron chi connectivity index (χ3n) is 3.28. The van der Waals surface area contributed by atoms with E-state index in [9.17, 15) is 24.9 Å². The Balaban J connectivity index is 3.07. The molecule has 0 aliphatic heterocycles. The molecule has 0 aliphatic rings. The Bertz CT molecular complexity index is 630. The van der Waals surface area contributed by atoms with E-state index >= 15 is 0 Å². The van der Waals surface area contributed by atoms with Gasteiger partial charge in [-0.2, -0.15) is 0 Å². The molecule has 23 heavy (non-hydrogen) atoms. The van der Waals surface area contributed by atoms with Crippen LogP contribution in [0.4, 0.5) is 0 Å². The number of phenols is 3. The van der Waals surface area contributed by atoms with Crippen LogP contribution in [0.25, 0.3) is 0 Å². The Kier molecular flexibility index (Phi) is 6.63. The summed E-state index contributed by atoms with van der Waals surface area (Å²) in [5, 5.41) is 29.9. The fraction of sp³-hybridized carbons (Fsp3) is 0.412. The topological polar surface area (TPSA) is 104 Å². The molecule has 6 heteroatoms. The summed E-state index contributed by atoms with van der Waals surface area (Å²) >= 11 is 0. The van der Waals surface area contributed by atoms with Gasteiger partial charge in [0.2, 0.25) is 0 Å². The van der Waals surface area contributed by atoms with Crippen LogP contribution in [-0.4, -0.2) is 33.7 Å². The number of benzene rings is 1. The quantitative estimate of drug-likeness (QED) is 0.405. The highest BCUT2D eigenvalue weighted by atomic mass is 16.5. The molecule has 6 nitrogen and oxygen atoms in total. The lowest BCUT2D eigenvalue weighted by molar-refractivity contribution is -0.139. The fourth-order valence-electron chi connectivity index (χ4n) is 2.06. The zero-order chi connectivity index (χ0) is 17.6.